The fraction of sp³-hybridized carbons (Fsp3) is 0.460. The fourth-order valence-electron chi connectivity index (χ4n) is 6.39. The second-order valence-electron chi connectivity index (χ2n) is 16.1. The number of H-pyrrole nitrogens is 3. The largest absolute Gasteiger partial charge is 0.460 e. The summed E-state index contributed by atoms with van der Waals surface area (Å²) in [7, 11) is 0. The number of esters is 3. The number of imidazole rings is 2. The molecule has 6 N–H and O–H groups in total. The van der Waals surface area contributed by atoms with Crippen LogP contribution in [0.2, 0.25) is 0 Å². The average molecular weight is 929 g/mol. The van der Waals surface area contributed by atoms with Crippen LogP contribution in [-0.4, -0.2) is 120 Å². The first kappa shape index (κ1) is 54.9. The highest BCUT2D eigenvalue weighted by Crippen LogP contribution is 2.25. The summed E-state index contributed by atoms with van der Waals surface area (Å²) in [5.41, 5.74) is 4.49. The fourth-order valence-corrected chi connectivity index (χ4v) is 6.39. The lowest BCUT2D eigenvalue weighted by atomic mass is 9.88. The number of allylic oxidation sites excluding steroid dienone is 6. The van der Waals surface area contributed by atoms with Crippen molar-refractivity contribution in [2.45, 2.75) is 85.5 Å². The van der Waals surface area contributed by atoms with Crippen LogP contribution in [0.3, 0.4) is 0 Å². The zero-order chi connectivity index (χ0) is 49.0. The summed E-state index contributed by atoms with van der Waals surface area (Å²) in [6.07, 6.45) is 17.2. The van der Waals surface area contributed by atoms with E-state index in [1.807, 2.05) is 51.1 Å². The molecule has 0 saturated heterocycles. The summed E-state index contributed by atoms with van der Waals surface area (Å²) in [4.78, 5) is 56.5. The number of carbonyl (C=O) groups excluding carboxylic acids is 3. The van der Waals surface area contributed by atoms with Crippen molar-refractivity contribution in [3.63, 3.8) is 0 Å². The lowest BCUT2D eigenvalue weighted by Crippen LogP contribution is -2.39. The second-order valence-corrected chi connectivity index (χ2v) is 16.1. The third kappa shape index (κ3) is 20.7. The van der Waals surface area contributed by atoms with Crippen molar-refractivity contribution < 1.29 is 42.8 Å². The number of anilines is 3. The summed E-state index contributed by atoms with van der Waals surface area (Å²) in [6.45, 7) is 28.1. The van der Waals surface area contributed by atoms with Crippen molar-refractivity contribution in [3.05, 3.63) is 103 Å². The minimum Gasteiger partial charge on any atom is -0.460 e. The first-order valence-corrected chi connectivity index (χ1v) is 22.6. The molecule has 3 aromatic heterocycles. The maximum absolute atomic E-state index is 12.7. The highest BCUT2D eigenvalue weighted by molar-refractivity contribution is 5.72. The highest BCUT2D eigenvalue weighted by Gasteiger charge is 2.31. The molecule has 0 amide bonds. The van der Waals surface area contributed by atoms with Gasteiger partial charge in [0.2, 0.25) is 11.9 Å². The molecule has 17 nitrogen and oxygen atoms in total. The highest BCUT2D eigenvalue weighted by atomic mass is 16.6. The van der Waals surface area contributed by atoms with E-state index in [4.69, 9.17) is 28.4 Å². The molecular formula is C50H72N8O9. The van der Waals surface area contributed by atoms with Crippen LogP contribution < -0.4 is 16.0 Å². The van der Waals surface area contributed by atoms with Gasteiger partial charge in [-0.2, -0.15) is 0 Å². The van der Waals surface area contributed by atoms with Crippen LogP contribution in [0.5, 0.6) is 0 Å². The molecule has 0 spiro atoms. The lowest BCUT2D eigenvalue weighted by molar-refractivity contribution is -0.155. The van der Waals surface area contributed by atoms with E-state index in [1.54, 1.807) is 57.2 Å². The number of hydrogen-bond donors (Lipinski definition) is 6. The van der Waals surface area contributed by atoms with Gasteiger partial charge in [0, 0.05) is 47.7 Å². The van der Waals surface area contributed by atoms with Crippen LogP contribution in [-0.2, 0) is 42.8 Å². The number of nitrogens with zero attached hydrogens (tertiary/aromatic N) is 2. The number of aromatic amines is 3. The van der Waals surface area contributed by atoms with Crippen molar-refractivity contribution in [1.82, 2.24) is 24.9 Å². The molecule has 3 heterocycles. The summed E-state index contributed by atoms with van der Waals surface area (Å²) >= 11 is 0. The van der Waals surface area contributed by atoms with Crippen LogP contribution in [0.15, 0.2) is 68.8 Å². The molecule has 17 heteroatoms. The van der Waals surface area contributed by atoms with Crippen molar-refractivity contribution in [2.75, 3.05) is 75.2 Å². The quantitative estimate of drug-likeness (QED) is 0.0186. The Morgan fingerprint density at radius 3 is 1.43 bits per heavy atom. The van der Waals surface area contributed by atoms with E-state index >= 15 is 0 Å². The van der Waals surface area contributed by atoms with Crippen molar-refractivity contribution in [3.8, 4) is 0 Å². The normalized spacial score (nSPS) is 13.8. The van der Waals surface area contributed by atoms with Crippen LogP contribution >= 0.6 is 0 Å². The van der Waals surface area contributed by atoms with E-state index in [0.717, 1.165) is 39.9 Å². The molecule has 3 aromatic rings. The Morgan fingerprint density at radius 2 is 1.04 bits per heavy atom. The van der Waals surface area contributed by atoms with Gasteiger partial charge < -0.3 is 59.3 Å². The maximum atomic E-state index is 12.7. The van der Waals surface area contributed by atoms with E-state index in [0.29, 0.717) is 38.0 Å². The van der Waals surface area contributed by atoms with E-state index in [2.05, 4.69) is 67.2 Å². The summed E-state index contributed by atoms with van der Waals surface area (Å²) < 4.78 is 35.3. The third-order valence-electron chi connectivity index (χ3n) is 10.0. The van der Waals surface area contributed by atoms with Gasteiger partial charge in [-0.1, -0.05) is 75.8 Å². The molecular weight excluding hydrogens is 857 g/mol. The number of nitrogens with one attached hydrogen (secondary N) is 6. The van der Waals surface area contributed by atoms with E-state index in [1.165, 1.54) is 0 Å². The minimum atomic E-state index is -0.642. The number of hydrogen-bond acceptors (Lipinski definition) is 14. The first-order chi connectivity index (χ1) is 32.2. The summed E-state index contributed by atoms with van der Waals surface area (Å²) in [6, 6.07) is 1.93. The average Bonchev–Trinajstić information content (AvgIpc) is 3.97. The van der Waals surface area contributed by atoms with E-state index in [-0.39, 0.29) is 76.8 Å². The monoisotopic (exact) mass is 929 g/mol. The second kappa shape index (κ2) is 30.0. The third-order valence-corrected chi connectivity index (χ3v) is 10.0. The van der Waals surface area contributed by atoms with E-state index in [9.17, 15) is 14.4 Å². The van der Waals surface area contributed by atoms with Crippen LogP contribution in [0.4, 0.5) is 17.7 Å². The maximum Gasteiger partial charge on any atom is 0.307 e. The molecule has 3 rings (SSSR count). The van der Waals surface area contributed by atoms with Gasteiger partial charge in [-0.3, -0.25) is 14.4 Å². The molecule has 0 saturated carbocycles. The van der Waals surface area contributed by atoms with Gasteiger partial charge in [0.05, 0.1) is 70.3 Å². The number of rotatable bonds is 35. The molecule has 67 heavy (non-hydrogen) atoms. The van der Waals surface area contributed by atoms with Crippen molar-refractivity contribution in [1.29, 1.82) is 0 Å². The van der Waals surface area contributed by atoms with Gasteiger partial charge in [-0.05, 0) is 65.3 Å². The Hall–Kier alpha value is -6.43. The Morgan fingerprint density at radius 1 is 0.642 bits per heavy atom. The zero-order valence-corrected chi connectivity index (χ0v) is 40.2. The Bertz CT molecular complexity index is 2040. The molecule has 3 unspecified atom stereocenters. The molecule has 366 valence electrons. The lowest BCUT2D eigenvalue weighted by Gasteiger charge is -2.33. The molecule has 0 aromatic carbocycles. The van der Waals surface area contributed by atoms with Gasteiger partial charge in [0.1, 0.15) is 24.1 Å². The smallest absolute Gasteiger partial charge is 0.307 e. The molecule has 0 aliphatic heterocycles. The van der Waals surface area contributed by atoms with Gasteiger partial charge in [0.25, 0.3) is 0 Å². The molecule has 0 aliphatic rings. The van der Waals surface area contributed by atoms with Crippen LogP contribution in [0.1, 0.15) is 87.4 Å². The standard InChI is InChI=1S/C50H72N8O9/c1-11-16-19-40-28-44(56-41(40)14-4)51-25-22-45(59)65-35(6)29-62-32-50(15-5,33-63-30-36(7)66-46(60)23-26-52-48-54-38(9)42(57-48)20-17-12-2)34-64-31-37(8)67-47(61)24-27-53-49-55-39(10)43(58-49)21-18-13-3/h11-14,16-21,28,35-37,51,56H,1-4,15,22-27,29-34H2,5-10H3,(H2,52,54,57)(H2,53,55,58)/b19-16-,20-17-,21-18-. The van der Waals surface area contributed by atoms with Crippen molar-refractivity contribution >= 4 is 59.9 Å². The van der Waals surface area contributed by atoms with Crippen LogP contribution in [0, 0.1) is 19.3 Å². The van der Waals surface area contributed by atoms with Crippen LogP contribution in [0.25, 0.3) is 24.3 Å². The SMILES string of the molecule is C=C/C=C\c1cc(NCCC(=O)OC(C)COCC(CC)(COCC(C)OC(=O)CCNc2nc(/C=C\C=C)c(C)[nH]2)COCC(C)OC(=O)CCNc2nc(/C=C\C=C)c(C)[nH]2)[nH]c1C=C. The molecule has 0 fully saturated rings. The number of aromatic nitrogens is 5. The first-order valence-electron chi connectivity index (χ1n) is 22.6. The predicted molar refractivity (Wildman–Crippen MR) is 266 cm³/mol. The predicted octanol–water partition coefficient (Wildman–Crippen LogP) is 8.37. The van der Waals surface area contributed by atoms with Gasteiger partial charge >= 0.3 is 17.9 Å². The zero-order valence-electron chi connectivity index (χ0n) is 40.2. The molecule has 0 aliphatic carbocycles. The number of aryl methyl sites for hydroxylation is 2. The Kier molecular flexibility index (Phi) is 24.6. The molecule has 0 bridgehead atoms. The minimum absolute atomic E-state index is 0.123. The Labute approximate surface area is 395 Å². The number of carbonyl (C=O) groups is 3. The van der Waals surface area contributed by atoms with Crippen molar-refractivity contribution in [2.24, 2.45) is 5.41 Å². The van der Waals surface area contributed by atoms with Gasteiger partial charge in [-0.25, -0.2) is 9.97 Å². The Balaban J connectivity index is 1.50. The molecule has 3 atom stereocenters. The van der Waals surface area contributed by atoms with E-state index < -0.39 is 23.7 Å². The molecule has 0 radical (unpaired) electrons. The number of ether oxygens (including phenoxy) is 6. The van der Waals surface area contributed by atoms with Gasteiger partial charge in [0.15, 0.2) is 0 Å². The van der Waals surface area contributed by atoms with Gasteiger partial charge in [-0.15, -0.1) is 0 Å². The summed E-state index contributed by atoms with van der Waals surface area (Å²) in [5.74, 6) is 0.725. The summed E-state index contributed by atoms with van der Waals surface area (Å²) in [5, 5.41) is 9.45. The topological polar surface area (TPSA) is 216 Å².